The molecule has 0 aliphatic heterocycles. The fourth-order valence-corrected chi connectivity index (χ4v) is 2.87. The van der Waals surface area contributed by atoms with Crippen LogP contribution in [0.5, 0.6) is 23.0 Å². The maximum Gasteiger partial charge on any atom is 0.524 e. The SMILES string of the molecule is COc1ccc(/C=C\c2cc(C)c(OC)c(OC)c2)cc1OP(=O)(O)O. The zero-order chi connectivity index (χ0) is 19.3. The van der Waals surface area contributed by atoms with Gasteiger partial charge in [-0.1, -0.05) is 18.2 Å². The van der Waals surface area contributed by atoms with E-state index in [1.54, 1.807) is 32.4 Å². The molecule has 0 spiro atoms. The van der Waals surface area contributed by atoms with Gasteiger partial charge in [-0.3, -0.25) is 9.79 Å². The van der Waals surface area contributed by atoms with Crippen LogP contribution in [0.1, 0.15) is 16.7 Å². The Bertz CT molecular complexity index is 855. The Morgan fingerprint density at radius 2 is 1.46 bits per heavy atom. The lowest BCUT2D eigenvalue weighted by atomic mass is 10.1. The molecule has 2 aromatic rings. The Labute approximate surface area is 152 Å². The van der Waals surface area contributed by atoms with E-state index in [9.17, 15) is 4.57 Å². The second kappa shape index (κ2) is 8.27. The molecule has 0 saturated carbocycles. The third-order valence-corrected chi connectivity index (χ3v) is 3.99. The molecule has 0 aliphatic rings. The number of rotatable bonds is 7. The van der Waals surface area contributed by atoms with Gasteiger partial charge in [-0.2, -0.15) is 0 Å². The van der Waals surface area contributed by atoms with E-state index in [-0.39, 0.29) is 11.5 Å². The topological polar surface area (TPSA) is 94.5 Å². The normalized spacial score (nSPS) is 11.5. The number of benzene rings is 2. The number of ether oxygens (including phenoxy) is 3. The van der Waals surface area contributed by atoms with Gasteiger partial charge in [0, 0.05) is 0 Å². The lowest BCUT2D eigenvalue weighted by molar-refractivity contribution is 0.276. The molecule has 0 bridgehead atoms. The van der Waals surface area contributed by atoms with E-state index >= 15 is 0 Å². The highest BCUT2D eigenvalue weighted by Crippen LogP contribution is 2.42. The van der Waals surface area contributed by atoms with Gasteiger partial charge in [0.2, 0.25) is 0 Å². The maximum atomic E-state index is 11.1. The molecule has 0 amide bonds. The summed E-state index contributed by atoms with van der Waals surface area (Å²) in [7, 11) is -0.140. The van der Waals surface area contributed by atoms with Crippen molar-refractivity contribution in [1.29, 1.82) is 0 Å². The van der Waals surface area contributed by atoms with Gasteiger partial charge in [0.25, 0.3) is 0 Å². The van der Waals surface area contributed by atoms with Crippen LogP contribution < -0.4 is 18.7 Å². The molecule has 140 valence electrons. The van der Waals surface area contributed by atoms with Gasteiger partial charge >= 0.3 is 7.82 Å². The largest absolute Gasteiger partial charge is 0.524 e. The summed E-state index contributed by atoms with van der Waals surface area (Å²) in [6.45, 7) is 1.91. The van der Waals surface area contributed by atoms with Crippen molar-refractivity contribution in [3.8, 4) is 23.0 Å². The number of aryl methyl sites for hydroxylation is 1. The van der Waals surface area contributed by atoms with Crippen molar-refractivity contribution >= 4 is 20.0 Å². The fraction of sp³-hybridized carbons (Fsp3) is 0.222. The van der Waals surface area contributed by atoms with Crippen molar-refractivity contribution < 1.29 is 33.1 Å². The number of phosphoric ester groups is 1. The van der Waals surface area contributed by atoms with E-state index in [1.165, 1.54) is 13.2 Å². The lowest BCUT2D eigenvalue weighted by Gasteiger charge is -2.12. The zero-order valence-electron chi connectivity index (χ0n) is 14.9. The summed E-state index contributed by atoms with van der Waals surface area (Å²) in [5.41, 5.74) is 2.49. The van der Waals surface area contributed by atoms with Gasteiger partial charge < -0.3 is 18.7 Å². The van der Waals surface area contributed by atoms with E-state index in [0.717, 1.165) is 11.1 Å². The van der Waals surface area contributed by atoms with Crippen LogP contribution in [0.15, 0.2) is 30.3 Å². The van der Waals surface area contributed by atoms with Crippen LogP contribution in [0.2, 0.25) is 0 Å². The first-order valence-electron chi connectivity index (χ1n) is 7.61. The van der Waals surface area contributed by atoms with Crippen molar-refractivity contribution in [2.45, 2.75) is 6.92 Å². The summed E-state index contributed by atoms with van der Waals surface area (Å²) in [4.78, 5) is 18.0. The molecule has 0 fully saturated rings. The summed E-state index contributed by atoms with van der Waals surface area (Å²) in [6.07, 6.45) is 3.63. The summed E-state index contributed by atoms with van der Waals surface area (Å²) >= 11 is 0. The van der Waals surface area contributed by atoms with Crippen LogP contribution in [-0.4, -0.2) is 31.1 Å². The molecule has 8 heteroatoms. The molecule has 2 rings (SSSR count). The Morgan fingerprint density at radius 1 is 0.846 bits per heavy atom. The number of hydrogen-bond acceptors (Lipinski definition) is 5. The minimum atomic E-state index is -4.69. The fourth-order valence-electron chi connectivity index (χ4n) is 2.47. The molecule has 0 heterocycles. The Kier molecular flexibility index (Phi) is 6.32. The van der Waals surface area contributed by atoms with Gasteiger partial charge in [0.1, 0.15) is 0 Å². The Morgan fingerprint density at radius 3 is 2.04 bits per heavy atom. The summed E-state index contributed by atoms with van der Waals surface area (Å²) in [6, 6.07) is 8.58. The average Bonchev–Trinajstić information content (AvgIpc) is 2.58. The van der Waals surface area contributed by atoms with Crippen molar-refractivity contribution in [2.75, 3.05) is 21.3 Å². The van der Waals surface area contributed by atoms with Crippen LogP contribution in [0, 0.1) is 6.92 Å². The van der Waals surface area contributed by atoms with E-state index in [2.05, 4.69) is 4.52 Å². The minimum absolute atomic E-state index is 0.0357. The van der Waals surface area contributed by atoms with Crippen LogP contribution in [0.4, 0.5) is 0 Å². The molecular weight excluding hydrogens is 359 g/mol. The molecule has 0 aromatic heterocycles. The first-order chi connectivity index (χ1) is 12.3. The molecular formula is C18H21O7P. The number of hydrogen-bond donors (Lipinski definition) is 2. The lowest BCUT2D eigenvalue weighted by Crippen LogP contribution is -1.94. The minimum Gasteiger partial charge on any atom is -0.493 e. The second-order valence-corrected chi connectivity index (χ2v) is 6.56. The first-order valence-corrected chi connectivity index (χ1v) is 9.14. The Hall–Kier alpha value is -2.47. The monoisotopic (exact) mass is 380 g/mol. The van der Waals surface area contributed by atoms with Gasteiger partial charge in [0.05, 0.1) is 21.3 Å². The molecule has 0 radical (unpaired) electrons. The molecule has 2 N–H and O–H groups in total. The van der Waals surface area contributed by atoms with Crippen LogP contribution in [-0.2, 0) is 4.57 Å². The highest BCUT2D eigenvalue weighted by Gasteiger charge is 2.19. The van der Waals surface area contributed by atoms with Crippen LogP contribution >= 0.6 is 7.82 Å². The molecule has 0 unspecified atom stereocenters. The molecule has 0 aliphatic carbocycles. The maximum absolute atomic E-state index is 11.1. The van der Waals surface area contributed by atoms with Crippen molar-refractivity contribution in [2.24, 2.45) is 0 Å². The van der Waals surface area contributed by atoms with Gasteiger partial charge in [-0.25, -0.2) is 4.57 Å². The predicted molar refractivity (Wildman–Crippen MR) is 98.9 cm³/mol. The Balaban J connectivity index is 2.35. The predicted octanol–water partition coefficient (Wildman–Crippen LogP) is 3.66. The standard InChI is InChI=1S/C18H21O7P/c1-12-9-14(11-17(23-3)18(12)24-4)6-5-13-7-8-15(22-2)16(10-13)25-26(19,20)21/h5-11H,1-4H3,(H2,19,20,21)/b6-5-. The quantitative estimate of drug-likeness (QED) is 0.559. The van der Waals surface area contributed by atoms with E-state index in [0.29, 0.717) is 17.1 Å². The molecule has 2 aromatic carbocycles. The highest BCUT2D eigenvalue weighted by atomic mass is 31.2. The smallest absolute Gasteiger partial charge is 0.493 e. The van der Waals surface area contributed by atoms with Crippen LogP contribution in [0.25, 0.3) is 12.2 Å². The van der Waals surface area contributed by atoms with Gasteiger partial charge in [-0.15, -0.1) is 0 Å². The van der Waals surface area contributed by atoms with Gasteiger partial charge in [-0.05, 0) is 47.9 Å². The summed E-state index contributed by atoms with van der Waals surface area (Å²) in [5.74, 6) is 1.48. The van der Waals surface area contributed by atoms with E-state index < -0.39 is 7.82 Å². The van der Waals surface area contributed by atoms with Crippen molar-refractivity contribution in [3.05, 3.63) is 47.0 Å². The molecule has 26 heavy (non-hydrogen) atoms. The molecule has 7 nitrogen and oxygen atoms in total. The van der Waals surface area contributed by atoms with E-state index in [4.69, 9.17) is 24.0 Å². The molecule has 0 atom stereocenters. The average molecular weight is 380 g/mol. The van der Waals surface area contributed by atoms with Crippen molar-refractivity contribution in [3.63, 3.8) is 0 Å². The third kappa shape index (κ3) is 5.02. The second-order valence-electron chi connectivity index (χ2n) is 5.40. The third-order valence-electron chi connectivity index (χ3n) is 3.56. The first kappa shape index (κ1) is 19.8. The van der Waals surface area contributed by atoms with Crippen LogP contribution in [0.3, 0.4) is 0 Å². The molecule has 0 saturated heterocycles. The van der Waals surface area contributed by atoms with E-state index in [1.807, 2.05) is 25.1 Å². The summed E-state index contributed by atoms with van der Waals surface area (Å²) < 4.78 is 31.5. The number of phosphoric acid groups is 1. The summed E-state index contributed by atoms with van der Waals surface area (Å²) in [5, 5.41) is 0. The zero-order valence-corrected chi connectivity index (χ0v) is 15.8. The highest BCUT2D eigenvalue weighted by molar-refractivity contribution is 7.46. The van der Waals surface area contributed by atoms with Crippen molar-refractivity contribution in [1.82, 2.24) is 0 Å². The van der Waals surface area contributed by atoms with Gasteiger partial charge in [0.15, 0.2) is 23.0 Å². The number of methoxy groups -OCH3 is 3.